The number of likely N-dealkylation sites (tertiary alicyclic amines) is 1. The number of carboxylic acid groups (broad SMARTS) is 1. The van der Waals surface area contributed by atoms with Crippen LogP contribution in [0.15, 0.2) is 84.2 Å². The van der Waals surface area contributed by atoms with E-state index in [0.717, 1.165) is 53.1 Å². The van der Waals surface area contributed by atoms with Gasteiger partial charge < -0.3 is 30.1 Å². The number of hydrogen-bond acceptors (Lipinski definition) is 7. The molecule has 4 rings (SSSR count). The minimum atomic E-state index is -1.27. The molecule has 10 nitrogen and oxygen atoms in total. The van der Waals surface area contributed by atoms with Crippen LogP contribution >= 0.6 is 0 Å². The van der Waals surface area contributed by atoms with Gasteiger partial charge in [-0.2, -0.15) is 0 Å². The van der Waals surface area contributed by atoms with Crippen LogP contribution in [0.25, 0.3) is 0 Å². The van der Waals surface area contributed by atoms with Gasteiger partial charge in [0.2, 0.25) is 12.3 Å². The summed E-state index contributed by atoms with van der Waals surface area (Å²) in [4.78, 5) is 41.8. The summed E-state index contributed by atoms with van der Waals surface area (Å²) in [5.41, 5.74) is 2.44. The van der Waals surface area contributed by atoms with Gasteiger partial charge in [0.25, 0.3) is 0 Å². The van der Waals surface area contributed by atoms with E-state index in [0.29, 0.717) is 13.2 Å². The predicted molar refractivity (Wildman–Crippen MR) is 162 cm³/mol. The van der Waals surface area contributed by atoms with Crippen LogP contribution in [0.5, 0.6) is 0 Å². The second-order valence-electron chi connectivity index (χ2n) is 10.8. The maximum absolute atomic E-state index is 13.4. The molecule has 3 atom stereocenters. The molecule has 2 unspecified atom stereocenters. The molecular weight excluding hydrogens is 548 g/mol. The summed E-state index contributed by atoms with van der Waals surface area (Å²) in [6, 6.07) is 16.2. The van der Waals surface area contributed by atoms with E-state index >= 15 is 0 Å². The Morgan fingerprint density at radius 3 is 2.26 bits per heavy atom. The highest BCUT2D eigenvalue weighted by Gasteiger charge is 2.55. The summed E-state index contributed by atoms with van der Waals surface area (Å²) in [5, 5.41) is 16.2. The van der Waals surface area contributed by atoms with Gasteiger partial charge in [0.15, 0.2) is 6.04 Å². The third kappa shape index (κ3) is 8.03. The molecule has 2 aliphatic rings. The summed E-state index contributed by atoms with van der Waals surface area (Å²) in [5.74, 6) is -1.87. The van der Waals surface area contributed by atoms with E-state index in [1.54, 1.807) is 7.11 Å². The highest BCUT2D eigenvalue weighted by atomic mass is 16.7. The molecule has 10 heteroatoms. The Morgan fingerprint density at radius 1 is 1.02 bits per heavy atom. The molecule has 0 aliphatic carbocycles. The van der Waals surface area contributed by atoms with E-state index in [4.69, 9.17) is 9.47 Å². The number of likely N-dealkylation sites (N-methyl/N-ethyl adjacent to an activating group) is 1. The molecule has 0 radical (unpaired) electrons. The normalized spacial score (nSPS) is 18.9. The Morgan fingerprint density at radius 2 is 1.67 bits per heavy atom. The number of imide groups is 1. The van der Waals surface area contributed by atoms with Crippen LogP contribution in [0, 0.1) is 5.92 Å². The SMILES string of the molecule is CCCCCCOC(NC1=CC(C[C@H]2C(=O)N(C(=O)NC(c3ccccc3)c3ccccc3)C2C(=O)O)=CCN1C)OC. The number of urea groups is 1. The molecule has 3 N–H and O–H groups in total. The fourth-order valence-corrected chi connectivity index (χ4v) is 5.35. The van der Waals surface area contributed by atoms with Gasteiger partial charge in [-0.25, -0.2) is 14.5 Å². The first kappa shape index (κ1) is 31.8. The number of hydrogen-bond donors (Lipinski definition) is 3. The minimum Gasteiger partial charge on any atom is -0.480 e. The van der Waals surface area contributed by atoms with Gasteiger partial charge in [-0.15, -0.1) is 0 Å². The van der Waals surface area contributed by atoms with Crippen molar-refractivity contribution in [1.29, 1.82) is 0 Å². The van der Waals surface area contributed by atoms with Gasteiger partial charge in [0.1, 0.15) is 5.82 Å². The lowest BCUT2D eigenvalue weighted by molar-refractivity contribution is -0.165. The number of carbonyl (C=O) groups is 3. The number of nitrogens with zero attached hydrogens (tertiary/aromatic N) is 2. The zero-order chi connectivity index (χ0) is 30.8. The Labute approximate surface area is 253 Å². The van der Waals surface area contributed by atoms with Gasteiger partial charge in [-0.3, -0.25) is 4.79 Å². The molecule has 1 fully saturated rings. The lowest BCUT2D eigenvalue weighted by Gasteiger charge is -2.43. The monoisotopic (exact) mass is 590 g/mol. The third-order valence-corrected chi connectivity index (χ3v) is 7.78. The van der Waals surface area contributed by atoms with Gasteiger partial charge >= 0.3 is 12.0 Å². The number of rotatable bonds is 15. The Bertz CT molecular complexity index is 1260. The van der Waals surface area contributed by atoms with Gasteiger partial charge in [-0.1, -0.05) is 92.9 Å². The highest BCUT2D eigenvalue weighted by Crippen LogP contribution is 2.34. The summed E-state index contributed by atoms with van der Waals surface area (Å²) in [6.07, 6.45) is 7.71. The zero-order valence-electron chi connectivity index (χ0n) is 25.1. The van der Waals surface area contributed by atoms with Crippen molar-refractivity contribution in [2.24, 2.45) is 5.92 Å². The average Bonchev–Trinajstić information content (AvgIpc) is 3.02. The number of β-lactam (4-membered cyclic amide) rings is 1. The van der Waals surface area contributed by atoms with E-state index in [1.165, 1.54) is 0 Å². The standard InChI is InChI=1S/C33H42N4O6/c1-4-5-6-13-20-43-33(42-3)34-27-22-23(18-19-36(27)2)21-26-29(31(39)40)37(30(26)38)32(41)35-28(24-14-9-7-10-15-24)25-16-11-8-12-17-25/h7-12,14-18,22,26,28-29,33-34H,4-6,13,19-21H2,1-3H3,(H,35,41)(H,39,40)/t26-,29?,33?/m1/s1. The van der Waals surface area contributed by atoms with Crippen molar-refractivity contribution < 1.29 is 29.0 Å². The zero-order valence-corrected chi connectivity index (χ0v) is 25.1. The van der Waals surface area contributed by atoms with Crippen LogP contribution in [0.1, 0.15) is 56.2 Å². The number of allylic oxidation sites excluding steroid dienone is 2. The first-order valence-electron chi connectivity index (χ1n) is 14.8. The van der Waals surface area contributed by atoms with E-state index in [1.807, 2.05) is 84.8 Å². The second kappa shape index (κ2) is 15.4. The van der Waals surface area contributed by atoms with Crippen LogP contribution in [0.2, 0.25) is 0 Å². The first-order valence-corrected chi connectivity index (χ1v) is 14.8. The molecule has 230 valence electrons. The number of benzene rings is 2. The Balaban J connectivity index is 1.42. The molecule has 0 aromatic heterocycles. The maximum atomic E-state index is 13.4. The quantitative estimate of drug-likeness (QED) is 0.156. The number of nitrogens with one attached hydrogen (secondary N) is 2. The van der Waals surface area contributed by atoms with Crippen molar-refractivity contribution >= 4 is 17.9 Å². The topological polar surface area (TPSA) is 120 Å². The predicted octanol–water partition coefficient (Wildman–Crippen LogP) is 4.62. The summed E-state index contributed by atoms with van der Waals surface area (Å²) >= 11 is 0. The lowest BCUT2D eigenvalue weighted by Crippen LogP contribution is -2.68. The van der Waals surface area contributed by atoms with Crippen molar-refractivity contribution in [1.82, 2.24) is 20.4 Å². The van der Waals surface area contributed by atoms with Crippen LogP contribution in [0.3, 0.4) is 0 Å². The first-order chi connectivity index (χ1) is 20.8. The van der Waals surface area contributed by atoms with E-state index in [2.05, 4.69) is 17.6 Å². The number of carbonyl (C=O) groups excluding carboxylic acids is 2. The van der Waals surface area contributed by atoms with Gasteiger partial charge in [-0.05, 0) is 35.6 Å². The fraction of sp³-hybridized carbons (Fsp3) is 0.424. The number of amides is 3. The molecule has 2 aliphatic heterocycles. The molecule has 43 heavy (non-hydrogen) atoms. The molecule has 0 bridgehead atoms. The van der Waals surface area contributed by atoms with Crippen molar-refractivity contribution in [3.8, 4) is 0 Å². The number of aliphatic carboxylic acids is 1. The largest absolute Gasteiger partial charge is 0.480 e. The van der Waals surface area contributed by atoms with Crippen molar-refractivity contribution in [3.63, 3.8) is 0 Å². The van der Waals surface area contributed by atoms with Crippen molar-refractivity contribution in [2.75, 3.05) is 27.3 Å². The number of methoxy groups -OCH3 is 1. The number of carboxylic acids is 1. The fourth-order valence-electron chi connectivity index (χ4n) is 5.35. The maximum Gasteiger partial charge on any atom is 0.327 e. The smallest absolute Gasteiger partial charge is 0.327 e. The lowest BCUT2D eigenvalue weighted by atomic mass is 9.82. The second-order valence-corrected chi connectivity index (χ2v) is 10.8. The molecule has 0 saturated carbocycles. The molecule has 2 aromatic carbocycles. The van der Waals surface area contributed by atoms with E-state index < -0.39 is 42.3 Å². The number of unbranched alkanes of at least 4 members (excludes halogenated alkanes) is 3. The van der Waals surface area contributed by atoms with E-state index in [-0.39, 0.29) is 6.42 Å². The van der Waals surface area contributed by atoms with Crippen molar-refractivity contribution in [2.45, 2.75) is 57.5 Å². The summed E-state index contributed by atoms with van der Waals surface area (Å²) in [6.45, 7) is 3.28. The Hall–Kier alpha value is -4.15. The Kier molecular flexibility index (Phi) is 11.4. The highest BCUT2D eigenvalue weighted by molar-refractivity contribution is 6.07. The van der Waals surface area contributed by atoms with Gasteiger partial charge in [0, 0.05) is 20.7 Å². The molecular formula is C33H42N4O6. The molecule has 3 amide bonds. The van der Waals surface area contributed by atoms with Crippen molar-refractivity contribution in [3.05, 3.63) is 95.3 Å². The molecule has 2 heterocycles. The summed E-state index contributed by atoms with van der Waals surface area (Å²) in [7, 11) is 3.48. The molecule has 2 aromatic rings. The van der Waals surface area contributed by atoms with E-state index in [9.17, 15) is 19.5 Å². The molecule has 1 saturated heterocycles. The third-order valence-electron chi connectivity index (χ3n) is 7.78. The van der Waals surface area contributed by atoms with Crippen LogP contribution in [0.4, 0.5) is 4.79 Å². The van der Waals surface area contributed by atoms with Gasteiger partial charge in [0.05, 0.1) is 18.6 Å². The van der Waals surface area contributed by atoms with Crippen LogP contribution in [-0.2, 0) is 19.1 Å². The minimum absolute atomic E-state index is 0.189. The summed E-state index contributed by atoms with van der Waals surface area (Å²) < 4.78 is 11.3. The number of ether oxygens (including phenoxy) is 2. The molecule has 0 spiro atoms. The van der Waals surface area contributed by atoms with Crippen LogP contribution < -0.4 is 10.6 Å². The average molecular weight is 591 g/mol. The van der Waals surface area contributed by atoms with Crippen LogP contribution in [-0.4, -0.2) is 72.6 Å².